The highest BCUT2D eigenvalue weighted by Gasteiger charge is 2.71. The maximum atomic E-state index is 6.47. The molecule has 0 aliphatic carbocycles. The summed E-state index contributed by atoms with van der Waals surface area (Å²) in [6.07, 6.45) is 3.69. The van der Waals surface area contributed by atoms with Gasteiger partial charge in [-0.1, -0.05) is 50.6 Å². The van der Waals surface area contributed by atoms with E-state index in [0.29, 0.717) is 0 Å². The largest absolute Gasteiger partial charge is 0.396 e. The Morgan fingerprint density at radius 2 is 1.78 bits per heavy atom. The number of nitrogens with one attached hydrogen (secondary N) is 1. The molecule has 1 aromatic rings. The Balaban J connectivity index is 2.73. The van der Waals surface area contributed by atoms with Crippen molar-refractivity contribution in [2.75, 3.05) is 21.3 Å². The lowest BCUT2D eigenvalue weighted by atomic mass is 9.71. The van der Waals surface area contributed by atoms with Gasteiger partial charge in [0.2, 0.25) is 0 Å². The Labute approximate surface area is 166 Å². The van der Waals surface area contributed by atoms with E-state index in [1.54, 1.807) is 14.2 Å². The molecule has 6 heteroatoms. The summed E-state index contributed by atoms with van der Waals surface area (Å²) >= 11 is 0. The van der Waals surface area contributed by atoms with Crippen LogP contribution in [0.25, 0.3) is 0 Å². The van der Waals surface area contributed by atoms with Gasteiger partial charge in [-0.3, -0.25) is 5.32 Å². The topological polar surface area (TPSA) is 65.7 Å². The van der Waals surface area contributed by atoms with Crippen LogP contribution in [-0.2, 0) is 13.6 Å². The molecule has 1 aromatic carbocycles. The van der Waals surface area contributed by atoms with Crippen LogP contribution in [0.5, 0.6) is 0 Å². The fourth-order valence-corrected chi connectivity index (χ4v) is 9.79. The van der Waals surface area contributed by atoms with E-state index in [0.717, 1.165) is 31.7 Å². The van der Waals surface area contributed by atoms with Crippen molar-refractivity contribution in [1.29, 1.82) is 0 Å². The minimum atomic E-state index is -2.67. The van der Waals surface area contributed by atoms with E-state index >= 15 is 0 Å². The number of benzene rings is 1. The Bertz CT molecular complexity index is 582. The highest BCUT2D eigenvalue weighted by atomic mass is 28.4. The summed E-state index contributed by atoms with van der Waals surface area (Å²) in [7, 11) is 2.72. The molecule has 4 atom stereocenters. The van der Waals surface area contributed by atoms with Gasteiger partial charge in [0, 0.05) is 27.2 Å². The number of nitrogens with two attached hydrogens (primary N) is 1. The SMILES string of the molecule is CCCC1(OC)C(NC(C)N)(C(C)c2ccccc2)CCC[Si]1(OC)OC. The zero-order valence-electron chi connectivity index (χ0n) is 17.9. The lowest BCUT2D eigenvalue weighted by Crippen LogP contribution is -2.81. The molecule has 1 saturated heterocycles. The second kappa shape index (κ2) is 9.16. The molecule has 0 amide bonds. The fraction of sp³-hybridized carbons (Fsp3) is 0.714. The number of hydrogen-bond donors (Lipinski definition) is 2. The molecule has 1 fully saturated rings. The van der Waals surface area contributed by atoms with E-state index in [2.05, 4.69) is 49.5 Å². The lowest BCUT2D eigenvalue weighted by molar-refractivity contribution is -0.0923. The third kappa shape index (κ3) is 3.63. The molecule has 1 heterocycles. The molecule has 0 spiro atoms. The number of ether oxygens (including phenoxy) is 1. The zero-order chi connectivity index (χ0) is 20.1. The van der Waals surface area contributed by atoms with Crippen LogP contribution in [0.15, 0.2) is 30.3 Å². The third-order valence-electron chi connectivity index (χ3n) is 6.55. The van der Waals surface area contributed by atoms with E-state index < -0.39 is 13.8 Å². The first-order valence-corrected chi connectivity index (χ1v) is 12.1. The summed E-state index contributed by atoms with van der Waals surface area (Å²) in [6, 6.07) is 11.6. The van der Waals surface area contributed by atoms with Gasteiger partial charge in [0.05, 0.1) is 11.7 Å². The molecule has 0 radical (unpaired) electrons. The molecule has 154 valence electrons. The summed E-state index contributed by atoms with van der Waals surface area (Å²) in [6.45, 7) is 6.48. The molecule has 0 aromatic heterocycles. The Morgan fingerprint density at radius 1 is 1.15 bits per heavy atom. The second-order valence-corrected chi connectivity index (χ2v) is 11.5. The normalized spacial score (nSPS) is 30.0. The predicted molar refractivity (Wildman–Crippen MR) is 113 cm³/mol. The molecule has 5 nitrogen and oxygen atoms in total. The van der Waals surface area contributed by atoms with Crippen molar-refractivity contribution in [3.8, 4) is 0 Å². The van der Waals surface area contributed by atoms with Gasteiger partial charge in [-0.25, -0.2) is 0 Å². The van der Waals surface area contributed by atoms with Crippen molar-refractivity contribution in [1.82, 2.24) is 5.32 Å². The van der Waals surface area contributed by atoms with Crippen molar-refractivity contribution in [2.24, 2.45) is 5.73 Å². The monoisotopic (exact) mass is 394 g/mol. The van der Waals surface area contributed by atoms with Crippen LogP contribution in [0.3, 0.4) is 0 Å². The van der Waals surface area contributed by atoms with Crippen molar-refractivity contribution in [3.63, 3.8) is 0 Å². The number of methoxy groups -OCH3 is 1. The Hall–Kier alpha value is -0.763. The highest BCUT2D eigenvalue weighted by Crippen LogP contribution is 2.54. The maximum Gasteiger partial charge on any atom is 0.372 e. The van der Waals surface area contributed by atoms with Crippen LogP contribution < -0.4 is 11.1 Å². The number of hydrogen-bond acceptors (Lipinski definition) is 5. The van der Waals surface area contributed by atoms with E-state index in [1.165, 1.54) is 5.56 Å². The summed E-state index contributed by atoms with van der Waals surface area (Å²) in [5.74, 6) is 0.189. The first-order valence-electron chi connectivity index (χ1n) is 10.1. The van der Waals surface area contributed by atoms with E-state index in [1.807, 2.05) is 14.0 Å². The first-order chi connectivity index (χ1) is 12.9. The smallest absolute Gasteiger partial charge is 0.372 e. The molecule has 3 N–H and O–H groups in total. The summed E-state index contributed by atoms with van der Waals surface area (Å²) in [5, 5.41) is 3.23. The lowest BCUT2D eigenvalue weighted by Gasteiger charge is -2.62. The standard InChI is InChI=1S/C21H38N2O3Si/c1-7-14-21(24-4)20(23-18(3)22,15-11-16-27(21,25-5)26-6)17(2)19-12-9-8-10-13-19/h8-10,12-13,17-18,23H,7,11,14-16,22H2,1-6H3. The van der Waals surface area contributed by atoms with Gasteiger partial charge in [0.25, 0.3) is 0 Å². The first kappa shape index (κ1) is 22.5. The van der Waals surface area contributed by atoms with Crippen molar-refractivity contribution < 1.29 is 13.6 Å². The van der Waals surface area contributed by atoms with E-state index in [-0.39, 0.29) is 17.6 Å². The average molecular weight is 395 g/mol. The molecule has 4 unspecified atom stereocenters. The molecule has 0 saturated carbocycles. The van der Waals surface area contributed by atoms with Crippen LogP contribution in [0.4, 0.5) is 0 Å². The molecule has 1 aliphatic rings. The van der Waals surface area contributed by atoms with E-state index in [9.17, 15) is 0 Å². The van der Waals surface area contributed by atoms with Crippen LogP contribution in [0, 0.1) is 0 Å². The van der Waals surface area contributed by atoms with Crippen molar-refractivity contribution in [2.45, 2.75) is 75.3 Å². The van der Waals surface area contributed by atoms with Crippen molar-refractivity contribution in [3.05, 3.63) is 35.9 Å². The summed E-state index contributed by atoms with van der Waals surface area (Å²) in [5.41, 5.74) is 7.24. The summed E-state index contributed by atoms with van der Waals surface area (Å²) in [4.78, 5) is 0. The molecule has 1 aliphatic heterocycles. The molecular formula is C21H38N2O3Si. The highest BCUT2D eigenvalue weighted by molar-refractivity contribution is 6.71. The maximum absolute atomic E-state index is 6.47. The van der Waals surface area contributed by atoms with Gasteiger partial charge in [-0.05, 0) is 37.8 Å². The minimum Gasteiger partial charge on any atom is -0.396 e. The average Bonchev–Trinajstić information content (AvgIpc) is 2.69. The van der Waals surface area contributed by atoms with Crippen LogP contribution in [0.2, 0.25) is 6.04 Å². The fourth-order valence-electron chi connectivity index (χ4n) is 5.48. The zero-order valence-corrected chi connectivity index (χ0v) is 18.9. The number of rotatable bonds is 9. The second-order valence-electron chi connectivity index (χ2n) is 7.83. The van der Waals surface area contributed by atoms with Gasteiger partial charge in [-0.15, -0.1) is 0 Å². The minimum absolute atomic E-state index is 0.166. The summed E-state index contributed by atoms with van der Waals surface area (Å²) < 4.78 is 18.9. The van der Waals surface area contributed by atoms with Gasteiger partial charge in [0.15, 0.2) is 0 Å². The predicted octanol–water partition coefficient (Wildman–Crippen LogP) is 3.68. The van der Waals surface area contributed by atoms with Crippen molar-refractivity contribution >= 4 is 8.56 Å². The van der Waals surface area contributed by atoms with Gasteiger partial charge < -0.3 is 19.3 Å². The van der Waals surface area contributed by atoms with Gasteiger partial charge in [0.1, 0.15) is 5.22 Å². The third-order valence-corrected chi connectivity index (χ3v) is 11.0. The molecule has 27 heavy (non-hydrogen) atoms. The van der Waals surface area contributed by atoms with E-state index in [4.69, 9.17) is 19.3 Å². The Kier molecular flexibility index (Phi) is 7.64. The molecule has 2 rings (SSSR count). The molecular weight excluding hydrogens is 356 g/mol. The quantitative estimate of drug-likeness (QED) is 0.494. The van der Waals surface area contributed by atoms with Gasteiger partial charge >= 0.3 is 8.56 Å². The Morgan fingerprint density at radius 3 is 2.26 bits per heavy atom. The van der Waals surface area contributed by atoms with Crippen LogP contribution >= 0.6 is 0 Å². The van der Waals surface area contributed by atoms with Crippen LogP contribution in [-0.4, -0.2) is 46.8 Å². The van der Waals surface area contributed by atoms with Gasteiger partial charge in [-0.2, -0.15) is 0 Å². The van der Waals surface area contributed by atoms with Crippen LogP contribution in [0.1, 0.15) is 57.9 Å². The molecule has 0 bridgehead atoms.